The monoisotopic (exact) mass is 212 g/mol. The lowest BCUT2D eigenvalue weighted by atomic mass is 10.1. The molecular weight excluding hydrogens is 200 g/mol. The number of aliphatic hydroxyl groups excluding tert-OH is 1. The predicted molar refractivity (Wildman–Crippen MR) is 56.3 cm³/mol. The molecule has 1 N–H and O–H groups in total. The molecule has 0 radical (unpaired) electrons. The first-order chi connectivity index (χ1) is 6.65. The molecule has 0 saturated heterocycles. The first kappa shape index (κ1) is 11.1. The summed E-state index contributed by atoms with van der Waals surface area (Å²) in [7, 11) is 0. The van der Waals surface area contributed by atoms with Gasteiger partial charge in [0.25, 0.3) is 0 Å². The van der Waals surface area contributed by atoms with Crippen molar-refractivity contribution in [1.82, 2.24) is 0 Å². The number of thiol groups is 1. The summed E-state index contributed by atoms with van der Waals surface area (Å²) in [6, 6.07) is 6.49. The molecule has 0 bridgehead atoms. The zero-order valence-corrected chi connectivity index (χ0v) is 8.70. The fourth-order valence-corrected chi connectivity index (χ4v) is 1.18. The van der Waals surface area contributed by atoms with Crippen LogP contribution in [-0.2, 0) is 4.74 Å². The van der Waals surface area contributed by atoms with Crippen molar-refractivity contribution in [3.63, 3.8) is 0 Å². The van der Waals surface area contributed by atoms with Gasteiger partial charge in [0.15, 0.2) is 0 Å². The van der Waals surface area contributed by atoms with Crippen molar-refractivity contribution in [3.05, 3.63) is 35.4 Å². The second kappa shape index (κ2) is 5.02. The molecule has 1 aromatic rings. The van der Waals surface area contributed by atoms with E-state index in [9.17, 15) is 4.79 Å². The van der Waals surface area contributed by atoms with Crippen molar-refractivity contribution in [2.24, 2.45) is 0 Å². The number of rotatable bonds is 3. The summed E-state index contributed by atoms with van der Waals surface area (Å²) >= 11 is 3.85. The molecule has 1 atom stereocenters. The van der Waals surface area contributed by atoms with E-state index in [0.29, 0.717) is 17.7 Å². The largest absolute Gasteiger partial charge is 0.462 e. The maximum absolute atomic E-state index is 11.2. The van der Waals surface area contributed by atoms with Crippen LogP contribution in [0.1, 0.15) is 28.3 Å². The molecule has 3 nitrogen and oxygen atoms in total. The molecule has 0 aliphatic heterocycles. The summed E-state index contributed by atoms with van der Waals surface area (Å²) in [5.74, 6) is -0.354. The maximum Gasteiger partial charge on any atom is 0.338 e. The SMILES string of the molecule is CCOC(=O)c1ccc(C(O)S)cc1. The van der Waals surface area contributed by atoms with Crippen molar-refractivity contribution in [3.8, 4) is 0 Å². The van der Waals surface area contributed by atoms with E-state index >= 15 is 0 Å². The van der Waals surface area contributed by atoms with Crippen LogP contribution >= 0.6 is 12.6 Å². The van der Waals surface area contributed by atoms with Gasteiger partial charge in [-0.05, 0) is 24.6 Å². The van der Waals surface area contributed by atoms with Gasteiger partial charge in [0.1, 0.15) is 5.44 Å². The minimum Gasteiger partial charge on any atom is -0.462 e. The van der Waals surface area contributed by atoms with Gasteiger partial charge >= 0.3 is 5.97 Å². The van der Waals surface area contributed by atoms with Gasteiger partial charge in [-0.3, -0.25) is 0 Å². The molecule has 0 heterocycles. The van der Waals surface area contributed by atoms with Gasteiger partial charge in [-0.1, -0.05) is 12.1 Å². The minimum absolute atomic E-state index is 0.354. The molecule has 0 spiro atoms. The molecule has 0 aliphatic rings. The zero-order chi connectivity index (χ0) is 10.6. The van der Waals surface area contributed by atoms with E-state index in [1.165, 1.54) is 0 Å². The molecule has 1 rings (SSSR count). The van der Waals surface area contributed by atoms with Crippen LogP contribution in [0.3, 0.4) is 0 Å². The van der Waals surface area contributed by atoms with Crippen LogP contribution in [0, 0.1) is 0 Å². The van der Waals surface area contributed by atoms with Crippen molar-refractivity contribution >= 4 is 18.6 Å². The fraction of sp³-hybridized carbons (Fsp3) is 0.300. The summed E-state index contributed by atoms with van der Waals surface area (Å²) in [4.78, 5) is 11.2. The maximum atomic E-state index is 11.2. The third kappa shape index (κ3) is 2.75. The Kier molecular flexibility index (Phi) is 3.98. The smallest absolute Gasteiger partial charge is 0.338 e. The van der Waals surface area contributed by atoms with Crippen LogP contribution in [0.2, 0.25) is 0 Å². The molecule has 1 unspecified atom stereocenters. The number of hydrogen-bond donors (Lipinski definition) is 2. The van der Waals surface area contributed by atoms with Crippen LogP contribution in [-0.4, -0.2) is 17.7 Å². The highest BCUT2D eigenvalue weighted by Crippen LogP contribution is 2.16. The lowest BCUT2D eigenvalue weighted by Gasteiger charge is -2.05. The van der Waals surface area contributed by atoms with E-state index in [1.807, 2.05) is 0 Å². The lowest BCUT2D eigenvalue weighted by molar-refractivity contribution is 0.0526. The number of carbonyl (C=O) groups excluding carboxylic acids is 1. The van der Waals surface area contributed by atoms with Gasteiger partial charge in [0, 0.05) is 0 Å². The summed E-state index contributed by atoms with van der Waals surface area (Å²) in [6.07, 6.45) is 0. The van der Waals surface area contributed by atoms with Crippen molar-refractivity contribution in [1.29, 1.82) is 0 Å². The Balaban J connectivity index is 2.78. The number of ether oxygens (including phenoxy) is 1. The summed E-state index contributed by atoms with van der Waals surface area (Å²) < 4.78 is 4.81. The van der Waals surface area contributed by atoms with Crippen molar-refractivity contribution in [2.45, 2.75) is 12.4 Å². The van der Waals surface area contributed by atoms with Crippen LogP contribution < -0.4 is 0 Å². The topological polar surface area (TPSA) is 46.5 Å². The first-order valence-electron chi connectivity index (χ1n) is 4.28. The number of hydrogen-bond acceptors (Lipinski definition) is 4. The highest BCUT2D eigenvalue weighted by Gasteiger charge is 2.07. The second-order valence-corrected chi connectivity index (χ2v) is 3.21. The second-order valence-electron chi connectivity index (χ2n) is 2.72. The lowest BCUT2D eigenvalue weighted by Crippen LogP contribution is -2.04. The van der Waals surface area contributed by atoms with Crippen molar-refractivity contribution in [2.75, 3.05) is 6.61 Å². The first-order valence-corrected chi connectivity index (χ1v) is 4.80. The molecule has 0 saturated carbocycles. The Hall–Kier alpha value is -1.00. The highest BCUT2D eigenvalue weighted by molar-refractivity contribution is 7.80. The van der Waals surface area contributed by atoms with Gasteiger partial charge in [0.05, 0.1) is 12.2 Å². The third-order valence-corrected chi connectivity index (χ3v) is 2.02. The van der Waals surface area contributed by atoms with Gasteiger partial charge in [-0.15, -0.1) is 12.6 Å². The summed E-state index contributed by atoms with van der Waals surface area (Å²) in [5, 5.41) is 9.10. The molecule has 4 heteroatoms. The number of aliphatic hydroxyl groups is 1. The van der Waals surface area contributed by atoms with Crippen LogP contribution in [0.25, 0.3) is 0 Å². The van der Waals surface area contributed by atoms with E-state index in [-0.39, 0.29) is 5.97 Å². The Morgan fingerprint density at radius 3 is 2.50 bits per heavy atom. The Bertz CT molecular complexity index is 306. The summed E-state index contributed by atoms with van der Waals surface area (Å²) in [6.45, 7) is 2.11. The molecular formula is C10H12O3S. The standard InChI is InChI=1S/C10H12O3S/c1-2-13-9(11)7-3-5-8(6-4-7)10(12)14/h3-6,10,12,14H,2H2,1H3. The van der Waals surface area contributed by atoms with Gasteiger partial charge < -0.3 is 9.84 Å². The summed E-state index contributed by atoms with van der Waals surface area (Å²) in [5.41, 5.74) is 0.317. The number of carbonyl (C=O) groups is 1. The van der Waals surface area contributed by atoms with E-state index in [0.717, 1.165) is 0 Å². The van der Waals surface area contributed by atoms with Gasteiger partial charge in [0.2, 0.25) is 0 Å². The molecule has 14 heavy (non-hydrogen) atoms. The highest BCUT2D eigenvalue weighted by atomic mass is 32.1. The van der Waals surface area contributed by atoms with Crippen LogP contribution in [0.15, 0.2) is 24.3 Å². The third-order valence-electron chi connectivity index (χ3n) is 1.72. The average Bonchev–Trinajstić information content (AvgIpc) is 2.18. The van der Waals surface area contributed by atoms with E-state index in [2.05, 4.69) is 12.6 Å². The Morgan fingerprint density at radius 2 is 2.07 bits per heavy atom. The number of benzene rings is 1. The van der Waals surface area contributed by atoms with Crippen LogP contribution in [0.4, 0.5) is 0 Å². The van der Waals surface area contributed by atoms with Crippen molar-refractivity contribution < 1.29 is 14.6 Å². The fourth-order valence-electron chi connectivity index (χ4n) is 1.01. The number of esters is 1. The molecule has 0 aliphatic carbocycles. The Morgan fingerprint density at radius 1 is 1.50 bits per heavy atom. The quantitative estimate of drug-likeness (QED) is 0.456. The van der Waals surface area contributed by atoms with Gasteiger partial charge in [-0.2, -0.15) is 0 Å². The van der Waals surface area contributed by atoms with E-state index in [4.69, 9.17) is 9.84 Å². The normalized spacial score (nSPS) is 12.2. The zero-order valence-electron chi connectivity index (χ0n) is 7.80. The predicted octanol–water partition coefficient (Wildman–Crippen LogP) is 1.78. The van der Waals surface area contributed by atoms with E-state index < -0.39 is 5.44 Å². The van der Waals surface area contributed by atoms with Gasteiger partial charge in [-0.25, -0.2) is 4.79 Å². The van der Waals surface area contributed by atoms with Crippen LogP contribution in [0.5, 0.6) is 0 Å². The van der Waals surface area contributed by atoms with E-state index in [1.54, 1.807) is 31.2 Å². The minimum atomic E-state index is -0.814. The molecule has 0 fully saturated rings. The average molecular weight is 212 g/mol. The molecule has 0 amide bonds. The Labute approximate surface area is 88.1 Å². The molecule has 0 aromatic heterocycles. The molecule has 76 valence electrons. The molecule has 1 aromatic carbocycles.